The molecule has 0 aliphatic carbocycles. The van der Waals surface area contributed by atoms with E-state index in [4.69, 9.17) is 15.2 Å². The molecular formula is C12H17NO2. The molecule has 1 saturated heterocycles. The van der Waals surface area contributed by atoms with Gasteiger partial charge in [-0.25, -0.2) is 0 Å². The Labute approximate surface area is 90.2 Å². The van der Waals surface area contributed by atoms with Gasteiger partial charge >= 0.3 is 0 Å². The first-order chi connectivity index (χ1) is 7.38. The Kier molecular flexibility index (Phi) is 3.72. The molecule has 1 atom stereocenters. The molecule has 0 amide bonds. The summed E-state index contributed by atoms with van der Waals surface area (Å²) in [7, 11) is 0. The van der Waals surface area contributed by atoms with Gasteiger partial charge in [-0.2, -0.15) is 0 Å². The van der Waals surface area contributed by atoms with E-state index in [1.165, 1.54) is 5.56 Å². The first-order valence-corrected chi connectivity index (χ1v) is 5.35. The predicted octanol–water partition coefficient (Wildman–Crippen LogP) is 1.45. The Hall–Kier alpha value is -0.900. The minimum atomic E-state index is 0.277. The maximum atomic E-state index is 5.71. The van der Waals surface area contributed by atoms with Gasteiger partial charge in [-0.3, -0.25) is 0 Å². The Bertz CT molecular complexity index is 291. The Balaban J connectivity index is 1.82. The molecule has 0 bridgehead atoms. The zero-order chi connectivity index (χ0) is 10.5. The van der Waals surface area contributed by atoms with Gasteiger partial charge in [0.2, 0.25) is 0 Å². The number of ether oxygens (including phenoxy) is 2. The minimum absolute atomic E-state index is 0.277. The third-order valence-corrected chi connectivity index (χ3v) is 2.63. The quantitative estimate of drug-likeness (QED) is 0.812. The molecule has 0 aromatic heterocycles. The van der Waals surface area contributed by atoms with Crippen LogP contribution < -0.4 is 5.73 Å². The second-order valence-corrected chi connectivity index (χ2v) is 3.82. The summed E-state index contributed by atoms with van der Waals surface area (Å²) in [4.78, 5) is 0. The second-order valence-electron chi connectivity index (χ2n) is 3.82. The molecule has 1 aromatic carbocycles. The maximum Gasteiger partial charge on any atom is 0.0834 e. The van der Waals surface area contributed by atoms with Gasteiger partial charge in [-0.1, -0.05) is 24.3 Å². The van der Waals surface area contributed by atoms with Crippen LogP contribution in [0.3, 0.4) is 0 Å². The molecule has 1 aliphatic heterocycles. The molecule has 82 valence electrons. The van der Waals surface area contributed by atoms with Crippen LogP contribution in [0.15, 0.2) is 24.3 Å². The fourth-order valence-corrected chi connectivity index (χ4v) is 1.63. The Morgan fingerprint density at radius 2 is 2.00 bits per heavy atom. The zero-order valence-corrected chi connectivity index (χ0v) is 8.82. The van der Waals surface area contributed by atoms with E-state index in [0.29, 0.717) is 13.2 Å². The van der Waals surface area contributed by atoms with Gasteiger partial charge in [0.25, 0.3) is 0 Å². The highest BCUT2D eigenvalue weighted by atomic mass is 16.5. The predicted molar refractivity (Wildman–Crippen MR) is 58.3 cm³/mol. The summed E-state index contributed by atoms with van der Waals surface area (Å²) < 4.78 is 10.9. The van der Waals surface area contributed by atoms with Crippen molar-refractivity contribution < 1.29 is 9.47 Å². The monoisotopic (exact) mass is 207 g/mol. The van der Waals surface area contributed by atoms with Crippen molar-refractivity contribution in [1.29, 1.82) is 0 Å². The van der Waals surface area contributed by atoms with Crippen molar-refractivity contribution >= 4 is 0 Å². The van der Waals surface area contributed by atoms with Gasteiger partial charge in [-0.05, 0) is 17.5 Å². The molecule has 1 fully saturated rings. The highest BCUT2D eigenvalue weighted by molar-refractivity contribution is 5.21. The van der Waals surface area contributed by atoms with Crippen molar-refractivity contribution in [3.8, 4) is 0 Å². The summed E-state index contributed by atoms with van der Waals surface area (Å²) in [6.07, 6.45) is 1.29. The van der Waals surface area contributed by atoms with Crippen molar-refractivity contribution in [2.45, 2.75) is 25.7 Å². The molecule has 1 heterocycles. The summed E-state index contributed by atoms with van der Waals surface area (Å²) in [6, 6.07) is 8.23. The molecule has 3 nitrogen and oxygen atoms in total. The lowest BCUT2D eigenvalue weighted by Crippen LogP contribution is -2.11. The number of nitrogens with two attached hydrogens (primary N) is 1. The average molecular weight is 207 g/mol. The van der Waals surface area contributed by atoms with Crippen molar-refractivity contribution in [3.63, 3.8) is 0 Å². The van der Waals surface area contributed by atoms with Gasteiger partial charge < -0.3 is 15.2 Å². The summed E-state index contributed by atoms with van der Waals surface area (Å²) in [5.74, 6) is 0. The summed E-state index contributed by atoms with van der Waals surface area (Å²) in [6.45, 7) is 2.83. The number of rotatable bonds is 4. The number of hydrogen-bond acceptors (Lipinski definition) is 3. The zero-order valence-electron chi connectivity index (χ0n) is 8.82. The lowest BCUT2D eigenvalue weighted by Gasteiger charge is -2.09. The van der Waals surface area contributed by atoms with Crippen LogP contribution in [-0.2, 0) is 22.6 Å². The third kappa shape index (κ3) is 3.02. The van der Waals surface area contributed by atoms with Crippen molar-refractivity contribution in [1.82, 2.24) is 0 Å². The molecule has 1 unspecified atom stereocenters. The van der Waals surface area contributed by atoms with Crippen LogP contribution in [0.25, 0.3) is 0 Å². The fourth-order valence-electron chi connectivity index (χ4n) is 1.63. The molecule has 15 heavy (non-hydrogen) atoms. The van der Waals surface area contributed by atoms with Gasteiger partial charge in [0.1, 0.15) is 0 Å². The van der Waals surface area contributed by atoms with Gasteiger partial charge in [0, 0.05) is 13.2 Å². The van der Waals surface area contributed by atoms with E-state index < -0.39 is 0 Å². The molecule has 1 aromatic rings. The molecule has 2 rings (SSSR count). The van der Waals surface area contributed by atoms with Crippen LogP contribution >= 0.6 is 0 Å². The highest BCUT2D eigenvalue weighted by Gasteiger charge is 2.15. The second kappa shape index (κ2) is 5.26. The van der Waals surface area contributed by atoms with E-state index in [9.17, 15) is 0 Å². The van der Waals surface area contributed by atoms with Crippen molar-refractivity contribution in [2.75, 3.05) is 13.2 Å². The Morgan fingerprint density at radius 3 is 2.60 bits per heavy atom. The van der Waals surface area contributed by atoms with Crippen LogP contribution in [0.4, 0.5) is 0 Å². The summed E-state index contributed by atoms with van der Waals surface area (Å²) in [5, 5.41) is 0. The molecule has 2 N–H and O–H groups in total. The van der Waals surface area contributed by atoms with Crippen LogP contribution in [0.5, 0.6) is 0 Å². The van der Waals surface area contributed by atoms with Gasteiger partial charge in [0.15, 0.2) is 0 Å². The maximum absolute atomic E-state index is 5.71. The molecule has 1 aliphatic rings. The number of hydrogen-bond donors (Lipinski definition) is 1. The third-order valence-electron chi connectivity index (χ3n) is 2.63. The van der Waals surface area contributed by atoms with Crippen LogP contribution in [0.1, 0.15) is 17.5 Å². The molecular weight excluding hydrogens is 190 g/mol. The first-order valence-electron chi connectivity index (χ1n) is 5.35. The largest absolute Gasteiger partial charge is 0.379 e. The highest BCUT2D eigenvalue weighted by Crippen LogP contribution is 2.12. The SMILES string of the molecule is NCc1ccc(COC2CCOC2)cc1. The molecule has 0 saturated carbocycles. The van der Waals surface area contributed by atoms with Crippen LogP contribution in [-0.4, -0.2) is 19.3 Å². The summed E-state index contributed by atoms with van der Waals surface area (Å²) in [5.41, 5.74) is 7.87. The van der Waals surface area contributed by atoms with Gasteiger partial charge in [0.05, 0.1) is 19.3 Å². The topological polar surface area (TPSA) is 44.5 Å². The van der Waals surface area contributed by atoms with Crippen molar-refractivity contribution in [2.24, 2.45) is 5.73 Å². The van der Waals surface area contributed by atoms with E-state index in [0.717, 1.165) is 25.2 Å². The molecule has 3 heteroatoms. The number of benzene rings is 1. The van der Waals surface area contributed by atoms with Crippen molar-refractivity contribution in [3.05, 3.63) is 35.4 Å². The van der Waals surface area contributed by atoms with Gasteiger partial charge in [-0.15, -0.1) is 0 Å². The molecule has 0 spiro atoms. The summed E-state index contributed by atoms with van der Waals surface area (Å²) >= 11 is 0. The standard InChI is InChI=1S/C12H17NO2/c13-7-10-1-3-11(4-2-10)8-15-12-5-6-14-9-12/h1-4,12H,5-9,13H2. The van der Waals surface area contributed by atoms with E-state index in [1.807, 2.05) is 12.1 Å². The smallest absolute Gasteiger partial charge is 0.0834 e. The van der Waals surface area contributed by atoms with Crippen LogP contribution in [0, 0.1) is 0 Å². The van der Waals surface area contributed by atoms with E-state index in [1.54, 1.807) is 0 Å². The first kappa shape index (κ1) is 10.6. The molecule has 0 radical (unpaired) electrons. The average Bonchev–Trinajstić information content (AvgIpc) is 2.80. The van der Waals surface area contributed by atoms with E-state index in [2.05, 4.69) is 12.1 Å². The minimum Gasteiger partial charge on any atom is -0.379 e. The van der Waals surface area contributed by atoms with E-state index >= 15 is 0 Å². The lowest BCUT2D eigenvalue weighted by molar-refractivity contribution is 0.0317. The van der Waals surface area contributed by atoms with E-state index in [-0.39, 0.29) is 6.10 Å². The lowest BCUT2D eigenvalue weighted by atomic mass is 10.1. The normalized spacial score (nSPS) is 20.7. The Morgan fingerprint density at radius 1 is 1.27 bits per heavy atom. The van der Waals surface area contributed by atoms with Crippen LogP contribution in [0.2, 0.25) is 0 Å². The fraction of sp³-hybridized carbons (Fsp3) is 0.500.